The maximum atomic E-state index is 12.3. The Kier molecular flexibility index (Phi) is 4.07. The molecule has 0 fully saturated rings. The minimum atomic E-state index is -4.70. The quantitative estimate of drug-likeness (QED) is 0.907. The van der Waals surface area contributed by atoms with Crippen LogP contribution in [0.5, 0.6) is 0 Å². The first-order valence-electron chi connectivity index (χ1n) is 5.59. The lowest BCUT2D eigenvalue weighted by molar-refractivity contribution is -0.157. The Morgan fingerprint density at radius 1 is 1.29 bits per heavy atom. The van der Waals surface area contributed by atoms with Crippen LogP contribution in [0.25, 0.3) is 0 Å². The minimum absolute atomic E-state index is 0.0172. The van der Waals surface area contributed by atoms with Crippen LogP contribution in [0.3, 0.4) is 0 Å². The molecule has 1 amide bonds. The lowest BCUT2D eigenvalue weighted by Gasteiger charge is -2.16. The summed E-state index contributed by atoms with van der Waals surface area (Å²) in [6, 6.07) is 2.11. The first kappa shape index (κ1) is 15.2. The van der Waals surface area contributed by atoms with Crippen LogP contribution in [0.15, 0.2) is 26.9 Å². The normalized spacial score (nSPS) is 14.2. The second-order valence-electron chi connectivity index (χ2n) is 4.15. The number of carboxylic acids is 1. The molecule has 1 aromatic carbocycles. The molecule has 2 rings (SSSR count). The maximum Gasteiger partial charge on any atom is 0.391 e. The molecule has 0 aromatic heterocycles. The van der Waals surface area contributed by atoms with Crippen LogP contribution in [0.2, 0.25) is 0 Å². The number of rotatable bonds is 4. The van der Waals surface area contributed by atoms with Crippen molar-refractivity contribution in [3.8, 4) is 0 Å². The van der Waals surface area contributed by atoms with Crippen LogP contribution in [0, 0.1) is 0 Å². The Morgan fingerprint density at radius 3 is 2.57 bits per heavy atom. The van der Waals surface area contributed by atoms with Crippen molar-refractivity contribution >= 4 is 34.6 Å². The lowest BCUT2D eigenvalue weighted by Crippen LogP contribution is -2.43. The van der Waals surface area contributed by atoms with Crippen LogP contribution in [-0.2, 0) is 16.1 Å². The topological polar surface area (TPSA) is 91.1 Å². The number of nitrogens with zero attached hydrogens (tertiary/aromatic N) is 2. The van der Waals surface area contributed by atoms with Crippen LogP contribution >= 0.6 is 0 Å². The molecule has 0 radical (unpaired) electrons. The summed E-state index contributed by atoms with van der Waals surface area (Å²) >= 11 is 0.925. The summed E-state index contributed by atoms with van der Waals surface area (Å²) in [5, 5.41) is 10.6. The van der Waals surface area contributed by atoms with Gasteiger partial charge in [0, 0.05) is 5.56 Å². The molecule has 1 heterocycles. The molecule has 0 saturated heterocycles. The van der Waals surface area contributed by atoms with Crippen LogP contribution < -0.4 is 5.32 Å². The molecule has 1 aliphatic rings. The number of hydrogen-bond acceptors (Lipinski definition) is 4. The van der Waals surface area contributed by atoms with Gasteiger partial charge in [0.15, 0.2) is 0 Å². The van der Waals surface area contributed by atoms with Crippen LogP contribution in [0.1, 0.15) is 16.8 Å². The molecule has 1 aliphatic heterocycles. The number of alkyl halides is 3. The summed E-state index contributed by atoms with van der Waals surface area (Å²) in [6.07, 6.45) is -6.34. The van der Waals surface area contributed by atoms with E-state index in [1.54, 1.807) is 0 Å². The third kappa shape index (κ3) is 3.88. The number of aliphatic carboxylic acids is 1. The van der Waals surface area contributed by atoms with Gasteiger partial charge in [-0.1, -0.05) is 0 Å². The molecular formula is C11H8F3N3O3S. The monoisotopic (exact) mass is 319 g/mol. The zero-order chi connectivity index (χ0) is 15.6. The van der Waals surface area contributed by atoms with E-state index in [-0.39, 0.29) is 5.56 Å². The molecule has 0 saturated carbocycles. The van der Waals surface area contributed by atoms with E-state index in [1.807, 2.05) is 5.32 Å². The fourth-order valence-corrected chi connectivity index (χ4v) is 2.11. The molecule has 0 spiro atoms. The second kappa shape index (κ2) is 5.64. The van der Waals surface area contributed by atoms with E-state index in [0.29, 0.717) is 11.4 Å². The molecule has 6 nitrogen and oxygen atoms in total. The highest BCUT2D eigenvalue weighted by molar-refractivity contribution is 7.58. The molecule has 0 aliphatic carbocycles. The molecule has 112 valence electrons. The molecule has 1 aromatic rings. The van der Waals surface area contributed by atoms with Crippen molar-refractivity contribution < 1.29 is 27.9 Å². The van der Waals surface area contributed by atoms with E-state index in [1.165, 1.54) is 18.2 Å². The first-order chi connectivity index (χ1) is 9.76. The van der Waals surface area contributed by atoms with Gasteiger partial charge in [-0.25, -0.2) is 4.79 Å². The lowest BCUT2D eigenvalue weighted by atomic mass is 10.1. The van der Waals surface area contributed by atoms with Gasteiger partial charge < -0.3 is 10.4 Å². The number of hydrogen-bond donors (Lipinski definition) is 2. The van der Waals surface area contributed by atoms with Crippen molar-refractivity contribution in [2.24, 2.45) is 8.73 Å². The van der Waals surface area contributed by atoms with Crippen LogP contribution in [0.4, 0.5) is 24.5 Å². The van der Waals surface area contributed by atoms with E-state index in [4.69, 9.17) is 5.11 Å². The predicted octanol–water partition coefficient (Wildman–Crippen LogP) is 2.55. The highest BCUT2D eigenvalue weighted by Gasteiger charge is 2.36. The van der Waals surface area contributed by atoms with Gasteiger partial charge in [-0.15, -0.1) is 0 Å². The SMILES string of the molecule is O=C(NC(CC(F)(F)F)C(=O)O)c1ccc2c(c1)N=S=N2. The average molecular weight is 319 g/mol. The van der Waals surface area contributed by atoms with E-state index in [9.17, 15) is 22.8 Å². The average Bonchev–Trinajstić information content (AvgIpc) is 2.83. The Hall–Kier alpha value is -2.23. The largest absolute Gasteiger partial charge is 0.480 e. The third-order valence-electron chi connectivity index (χ3n) is 2.55. The van der Waals surface area contributed by atoms with Gasteiger partial charge in [-0.3, -0.25) is 4.79 Å². The Balaban J connectivity index is 2.12. The van der Waals surface area contributed by atoms with Crippen molar-refractivity contribution in [1.29, 1.82) is 0 Å². The number of nitrogens with one attached hydrogen (secondary N) is 1. The van der Waals surface area contributed by atoms with Crippen LogP contribution in [-0.4, -0.2) is 29.2 Å². The van der Waals surface area contributed by atoms with Crippen molar-refractivity contribution in [2.75, 3.05) is 0 Å². The Morgan fingerprint density at radius 2 is 1.95 bits per heavy atom. The number of carboxylic acid groups (broad SMARTS) is 1. The Labute approximate surface area is 119 Å². The molecule has 0 bridgehead atoms. The third-order valence-corrected chi connectivity index (χ3v) is 3.11. The summed E-state index contributed by atoms with van der Waals surface area (Å²) in [6.45, 7) is 0. The number of carbonyl (C=O) groups excluding carboxylic acids is 1. The van der Waals surface area contributed by atoms with Gasteiger partial charge in [-0.2, -0.15) is 21.9 Å². The standard InChI is InChI=1S/C11H8F3N3O3S/c12-11(13,14)4-8(10(19)20)15-9(18)5-1-2-6-7(3-5)17-21-16-6/h1-3,8H,4H2,(H,15,18)(H,19,20). The summed E-state index contributed by atoms with van der Waals surface area (Å²) in [5.41, 5.74) is 0.973. The van der Waals surface area contributed by atoms with Gasteiger partial charge in [-0.05, 0) is 18.2 Å². The predicted molar refractivity (Wildman–Crippen MR) is 67.5 cm³/mol. The molecule has 1 unspecified atom stereocenters. The molecule has 2 N–H and O–H groups in total. The smallest absolute Gasteiger partial charge is 0.391 e. The second-order valence-corrected chi connectivity index (χ2v) is 4.68. The van der Waals surface area contributed by atoms with Gasteiger partial charge >= 0.3 is 12.1 Å². The first-order valence-corrected chi connectivity index (χ1v) is 6.32. The fourth-order valence-electron chi connectivity index (χ4n) is 1.60. The number of amides is 1. The van der Waals surface area contributed by atoms with Crippen molar-refractivity contribution in [3.63, 3.8) is 0 Å². The van der Waals surface area contributed by atoms with Crippen molar-refractivity contribution in [3.05, 3.63) is 23.8 Å². The van der Waals surface area contributed by atoms with Gasteiger partial charge in [0.05, 0.1) is 17.8 Å². The van der Waals surface area contributed by atoms with Gasteiger partial charge in [0.1, 0.15) is 17.4 Å². The summed E-state index contributed by atoms with van der Waals surface area (Å²) in [7, 11) is 0. The summed E-state index contributed by atoms with van der Waals surface area (Å²) in [5.74, 6) is -2.67. The Bertz CT molecular complexity index is 668. The summed E-state index contributed by atoms with van der Waals surface area (Å²) in [4.78, 5) is 22.6. The highest BCUT2D eigenvalue weighted by atomic mass is 32.1. The molecule has 21 heavy (non-hydrogen) atoms. The zero-order valence-corrected chi connectivity index (χ0v) is 11.0. The molecule has 1 atom stereocenters. The fraction of sp³-hybridized carbons (Fsp3) is 0.273. The van der Waals surface area contributed by atoms with Gasteiger partial charge in [0.25, 0.3) is 5.91 Å². The zero-order valence-electron chi connectivity index (χ0n) is 10.2. The molecular weight excluding hydrogens is 311 g/mol. The summed E-state index contributed by atoms with van der Waals surface area (Å²) < 4.78 is 44.6. The van der Waals surface area contributed by atoms with E-state index in [0.717, 1.165) is 11.4 Å². The number of halogens is 3. The maximum absolute atomic E-state index is 12.3. The van der Waals surface area contributed by atoms with Gasteiger partial charge in [0.2, 0.25) is 0 Å². The van der Waals surface area contributed by atoms with E-state index < -0.39 is 30.5 Å². The minimum Gasteiger partial charge on any atom is -0.480 e. The number of fused-ring (bicyclic) bond motifs is 1. The molecule has 10 heteroatoms. The number of benzene rings is 1. The van der Waals surface area contributed by atoms with E-state index >= 15 is 0 Å². The highest BCUT2D eigenvalue weighted by Crippen LogP contribution is 2.32. The number of carbonyl (C=O) groups is 2. The van der Waals surface area contributed by atoms with E-state index in [2.05, 4.69) is 8.73 Å². The van der Waals surface area contributed by atoms with Crippen molar-refractivity contribution in [1.82, 2.24) is 5.32 Å². The van der Waals surface area contributed by atoms with Crippen molar-refractivity contribution in [2.45, 2.75) is 18.6 Å².